The van der Waals surface area contributed by atoms with Gasteiger partial charge in [0.15, 0.2) is 0 Å². The van der Waals surface area contributed by atoms with Crippen LogP contribution in [0.5, 0.6) is 5.75 Å². The number of benzene rings is 1. The molecule has 0 radical (unpaired) electrons. The fourth-order valence-electron chi connectivity index (χ4n) is 1.88. The van der Waals surface area contributed by atoms with E-state index in [1.165, 1.54) is 19.2 Å². The summed E-state index contributed by atoms with van der Waals surface area (Å²) in [4.78, 5) is 10.3. The molecule has 0 saturated heterocycles. The predicted molar refractivity (Wildman–Crippen MR) is 73.0 cm³/mol. The van der Waals surface area contributed by atoms with Crippen LogP contribution in [0.3, 0.4) is 0 Å². The summed E-state index contributed by atoms with van der Waals surface area (Å²) in [6, 6.07) is 4.43. The van der Waals surface area contributed by atoms with Crippen LogP contribution in [-0.2, 0) is 6.54 Å². The quantitative estimate of drug-likeness (QED) is 0.667. The summed E-state index contributed by atoms with van der Waals surface area (Å²) < 4.78 is 10.2. The number of non-ortho nitro benzene ring substituents is 1. The van der Waals surface area contributed by atoms with E-state index in [-0.39, 0.29) is 5.69 Å². The molecule has 7 nitrogen and oxygen atoms in total. The van der Waals surface area contributed by atoms with Crippen LogP contribution < -0.4 is 10.1 Å². The Hall–Kier alpha value is -2.57. The lowest BCUT2D eigenvalue weighted by atomic mass is 10.2. The number of ether oxygens (including phenoxy) is 1. The van der Waals surface area contributed by atoms with Gasteiger partial charge in [-0.1, -0.05) is 5.16 Å². The Morgan fingerprint density at radius 3 is 2.75 bits per heavy atom. The van der Waals surface area contributed by atoms with Gasteiger partial charge in [0.25, 0.3) is 5.69 Å². The van der Waals surface area contributed by atoms with Crippen molar-refractivity contribution in [2.75, 3.05) is 12.4 Å². The van der Waals surface area contributed by atoms with Crippen molar-refractivity contribution in [3.8, 4) is 5.75 Å². The number of nitrogens with one attached hydrogen (secondary N) is 1. The molecule has 1 N–H and O–H groups in total. The van der Waals surface area contributed by atoms with Crippen molar-refractivity contribution in [1.29, 1.82) is 0 Å². The average Bonchev–Trinajstić information content (AvgIpc) is 2.75. The Morgan fingerprint density at radius 1 is 1.45 bits per heavy atom. The third kappa shape index (κ3) is 2.71. The third-order valence-corrected chi connectivity index (χ3v) is 3.03. The van der Waals surface area contributed by atoms with E-state index in [4.69, 9.17) is 9.26 Å². The Labute approximate surface area is 115 Å². The van der Waals surface area contributed by atoms with Crippen LogP contribution in [0.1, 0.15) is 17.0 Å². The van der Waals surface area contributed by atoms with Gasteiger partial charge < -0.3 is 14.6 Å². The van der Waals surface area contributed by atoms with Gasteiger partial charge in [0, 0.05) is 18.2 Å². The molecule has 1 heterocycles. The van der Waals surface area contributed by atoms with Crippen LogP contribution in [0.4, 0.5) is 11.4 Å². The number of nitro benzene ring substituents is 1. The van der Waals surface area contributed by atoms with Crippen LogP contribution in [0.15, 0.2) is 22.7 Å². The van der Waals surface area contributed by atoms with Gasteiger partial charge in [0.05, 0.1) is 29.5 Å². The monoisotopic (exact) mass is 277 g/mol. The molecule has 0 spiro atoms. The van der Waals surface area contributed by atoms with Crippen molar-refractivity contribution in [3.63, 3.8) is 0 Å². The maximum absolute atomic E-state index is 10.7. The highest BCUT2D eigenvalue weighted by Crippen LogP contribution is 2.29. The normalized spacial score (nSPS) is 10.3. The second-order valence-electron chi connectivity index (χ2n) is 4.30. The SMILES string of the molecule is COc1cc([N+](=O)[O-])ccc1NCc1c(C)noc1C. The first-order valence-corrected chi connectivity index (χ1v) is 6.01. The molecular formula is C13H15N3O4. The summed E-state index contributed by atoms with van der Waals surface area (Å²) in [5.74, 6) is 1.17. The molecule has 2 aromatic rings. The molecule has 0 unspecified atom stereocenters. The van der Waals surface area contributed by atoms with E-state index in [0.29, 0.717) is 18.0 Å². The number of aryl methyl sites for hydroxylation is 2. The van der Waals surface area contributed by atoms with Crippen LogP contribution in [0.2, 0.25) is 0 Å². The first-order valence-electron chi connectivity index (χ1n) is 6.01. The summed E-state index contributed by atoms with van der Waals surface area (Å²) in [6.07, 6.45) is 0. The Kier molecular flexibility index (Phi) is 3.88. The van der Waals surface area contributed by atoms with Crippen molar-refractivity contribution in [1.82, 2.24) is 5.16 Å². The van der Waals surface area contributed by atoms with Crippen molar-refractivity contribution in [2.45, 2.75) is 20.4 Å². The molecule has 0 atom stereocenters. The minimum Gasteiger partial charge on any atom is -0.494 e. The van der Waals surface area contributed by atoms with Crippen LogP contribution in [0.25, 0.3) is 0 Å². The van der Waals surface area contributed by atoms with Crippen LogP contribution in [-0.4, -0.2) is 17.2 Å². The lowest BCUT2D eigenvalue weighted by Crippen LogP contribution is -2.03. The number of aromatic nitrogens is 1. The van der Waals surface area contributed by atoms with Gasteiger partial charge in [0.1, 0.15) is 11.5 Å². The van der Waals surface area contributed by atoms with E-state index in [1.807, 2.05) is 13.8 Å². The summed E-state index contributed by atoms with van der Waals surface area (Å²) in [5.41, 5.74) is 2.45. The molecule has 0 aliphatic heterocycles. The number of hydrogen-bond acceptors (Lipinski definition) is 6. The van der Waals surface area contributed by atoms with Gasteiger partial charge in [-0.2, -0.15) is 0 Å². The van der Waals surface area contributed by atoms with Gasteiger partial charge >= 0.3 is 0 Å². The molecule has 7 heteroatoms. The van der Waals surface area contributed by atoms with E-state index in [2.05, 4.69) is 10.5 Å². The molecule has 0 aliphatic rings. The predicted octanol–water partition coefficient (Wildman–Crippen LogP) is 2.82. The second-order valence-corrected chi connectivity index (χ2v) is 4.30. The van der Waals surface area contributed by atoms with Crippen LogP contribution in [0, 0.1) is 24.0 Å². The number of anilines is 1. The largest absolute Gasteiger partial charge is 0.494 e. The van der Waals surface area contributed by atoms with Gasteiger partial charge in [-0.25, -0.2) is 0 Å². The molecule has 1 aromatic carbocycles. The molecule has 0 amide bonds. The fraction of sp³-hybridized carbons (Fsp3) is 0.308. The van der Waals surface area contributed by atoms with Gasteiger partial charge in [-0.3, -0.25) is 10.1 Å². The summed E-state index contributed by atoms with van der Waals surface area (Å²) >= 11 is 0. The zero-order chi connectivity index (χ0) is 14.7. The van der Waals surface area contributed by atoms with Crippen molar-refractivity contribution in [2.24, 2.45) is 0 Å². The highest BCUT2D eigenvalue weighted by molar-refractivity contribution is 5.61. The van der Waals surface area contributed by atoms with Crippen molar-refractivity contribution in [3.05, 3.63) is 45.3 Å². The number of nitro groups is 1. The first-order chi connectivity index (χ1) is 9.52. The highest BCUT2D eigenvalue weighted by atomic mass is 16.6. The van der Waals surface area contributed by atoms with E-state index in [9.17, 15) is 10.1 Å². The molecular weight excluding hydrogens is 262 g/mol. The molecule has 1 aromatic heterocycles. The summed E-state index contributed by atoms with van der Waals surface area (Å²) in [5, 5.41) is 17.8. The number of hydrogen-bond donors (Lipinski definition) is 1. The van der Waals surface area contributed by atoms with E-state index < -0.39 is 4.92 Å². The number of rotatable bonds is 5. The molecule has 0 aliphatic carbocycles. The Morgan fingerprint density at radius 2 is 2.20 bits per heavy atom. The molecule has 0 saturated carbocycles. The Balaban J connectivity index is 2.19. The van der Waals surface area contributed by atoms with E-state index in [0.717, 1.165) is 17.0 Å². The summed E-state index contributed by atoms with van der Waals surface area (Å²) in [7, 11) is 1.47. The van der Waals surface area contributed by atoms with Gasteiger partial charge in [-0.05, 0) is 19.9 Å². The highest BCUT2D eigenvalue weighted by Gasteiger charge is 2.13. The minimum absolute atomic E-state index is 0.00950. The molecule has 20 heavy (non-hydrogen) atoms. The minimum atomic E-state index is -0.458. The maximum atomic E-state index is 10.7. The zero-order valence-electron chi connectivity index (χ0n) is 11.5. The molecule has 106 valence electrons. The first kappa shape index (κ1) is 13.9. The molecule has 0 bridgehead atoms. The van der Waals surface area contributed by atoms with E-state index >= 15 is 0 Å². The molecule has 2 rings (SSSR count). The van der Waals surface area contributed by atoms with E-state index in [1.54, 1.807) is 6.07 Å². The Bertz CT molecular complexity index is 617. The zero-order valence-corrected chi connectivity index (χ0v) is 11.5. The van der Waals surface area contributed by atoms with Crippen LogP contribution >= 0.6 is 0 Å². The van der Waals surface area contributed by atoms with Crippen molar-refractivity contribution >= 4 is 11.4 Å². The number of nitrogens with zero attached hydrogens (tertiary/aromatic N) is 2. The van der Waals surface area contributed by atoms with Gasteiger partial charge in [-0.15, -0.1) is 0 Å². The van der Waals surface area contributed by atoms with Crippen molar-refractivity contribution < 1.29 is 14.2 Å². The third-order valence-electron chi connectivity index (χ3n) is 3.03. The molecule has 0 fully saturated rings. The second kappa shape index (κ2) is 5.60. The van der Waals surface area contributed by atoms with Gasteiger partial charge in [0.2, 0.25) is 0 Å². The topological polar surface area (TPSA) is 90.4 Å². The lowest BCUT2D eigenvalue weighted by molar-refractivity contribution is -0.384. The lowest BCUT2D eigenvalue weighted by Gasteiger charge is -2.10. The average molecular weight is 277 g/mol. The fourth-order valence-corrected chi connectivity index (χ4v) is 1.88. The standard InChI is InChI=1S/C13H15N3O4/c1-8-11(9(2)20-15-8)7-14-12-5-4-10(16(17)18)6-13(12)19-3/h4-6,14H,7H2,1-3H3. The summed E-state index contributed by atoms with van der Waals surface area (Å²) in [6.45, 7) is 4.21. The maximum Gasteiger partial charge on any atom is 0.273 e. The number of methoxy groups -OCH3 is 1. The smallest absolute Gasteiger partial charge is 0.273 e.